The topological polar surface area (TPSA) is 72.9 Å². The molecule has 0 saturated carbocycles. The first-order chi connectivity index (χ1) is 9.49. The van der Waals surface area contributed by atoms with Gasteiger partial charge in [0, 0.05) is 18.5 Å². The van der Waals surface area contributed by atoms with Gasteiger partial charge in [-0.2, -0.15) is 0 Å². The van der Waals surface area contributed by atoms with E-state index in [4.69, 9.17) is 5.73 Å². The lowest BCUT2D eigenvalue weighted by Gasteiger charge is -2.14. The second-order valence-electron chi connectivity index (χ2n) is 5.44. The molecule has 124 valence electrons. The van der Waals surface area contributed by atoms with Crippen LogP contribution in [-0.4, -0.2) is 21.5 Å². The molecule has 0 aliphatic heterocycles. The predicted molar refractivity (Wildman–Crippen MR) is 94.7 cm³/mol. The lowest BCUT2D eigenvalue weighted by atomic mass is 10.2. The fraction of sp³-hybridized carbons (Fsp3) is 0.467. The third-order valence-electron chi connectivity index (χ3n) is 3.14. The molecule has 1 aromatic carbocycles. The van der Waals surface area contributed by atoms with Gasteiger partial charge in [-0.1, -0.05) is 12.1 Å². The van der Waals surface area contributed by atoms with Gasteiger partial charge in [0.25, 0.3) is 0 Å². The number of carbonyl (C=O) groups is 1. The SMILES string of the molecule is CC(N)CC(=O)NCc1nc2ccccc2n1C(C)C.Cl.Cl. The molecule has 2 aromatic rings. The van der Waals surface area contributed by atoms with Crippen molar-refractivity contribution in [2.45, 2.75) is 45.8 Å². The number of para-hydroxylation sites is 2. The predicted octanol–water partition coefficient (Wildman–Crippen LogP) is 2.81. The zero-order valence-electron chi connectivity index (χ0n) is 13.1. The minimum atomic E-state index is -0.126. The number of benzene rings is 1. The Morgan fingerprint density at radius 3 is 2.50 bits per heavy atom. The van der Waals surface area contributed by atoms with Gasteiger partial charge < -0.3 is 15.6 Å². The number of nitrogens with one attached hydrogen (secondary N) is 1. The van der Waals surface area contributed by atoms with E-state index in [9.17, 15) is 4.79 Å². The van der Waals surface area contributed by atoms with Crippen molar-refractivity contribution in [3.8, 4) is 0 Å². The van der Waals surface area contributed by atoms with E-state index in [1.165, 1.54) is 0 Å². The molecular formula is C15H24Cl2N4O. The van der Waals surface area contributed by atoms with E-state index in [1.807, 2.05) is 25.1 Å². The maximum Gasteiger partial charge on any atom is 0.221 e. The van der Waals surface area contributed by atoms with Crippen molar-refractivity contribution >= 4 is 41.8 Å². The summed E-state index contributed by atoms with van der Waals surface area (Å²) in [5.74, 6) is 0.835. The number of hydrogen-bond acceptors (Lipinski definition) is 3. The molecule has 1 atom stereocenters. The second-order valence-corrected chi connectivity index (χ2v) is 5.44. The second kappa shape index (κ2) is 8.98. The van der Waals surface area contributed by atoms with Crippen LogP contribution in [0.2, 0.25) is 0 Å². The van der Waals surface area contributed by atoms with E-state index in [0.717, 1.165) is 16.9 Å². The Labute approximate surface area is 143 Å². The molecule has 1 aromatic heterocycles. The smallest absolute Gasteiger partial charge is 0.221 e. The summed E-state index contributed by atoms with van der Waals surface area (Å²) in [5, 5.41) is 2.88. The van der Waals surface area contributed by atoms with E-state index < -0.39 is 0 Å². The standard InChI is InChI=1S/C15H22N4O.2ClH/c1-10(2)19-13-7-5-4-6-12(13)18-14(19)9-17-15(20)8-11(3)16;;/h4-7,10-11H,8-9,16H2,1-3H3,(H,17,20);2*1H. The summed E-state index contributed by atoms with van der Waals surface area (Å²) in [6.07, 6.45) is 0.335. The zero-order chi connectivity index (χ0) is 14.7. The summed E-state index contributed by atoms with van der Waals surface area (Å²) in [6.45, 7) is 6.48. The van der Waals surface area contributed by atoms with E-state index in [1.54, 1.807) is 0 Å². The van der Waals surface area contributed by atoms with Gasteiger partial charge >= 0.3 is 0 Å². The molecule has 0 radical (unpaired) electrons. The van der Waals surface area contributed by atoms with Gasteiger partial charge in [0.05, 0.1) is 17.6 Å². The normalized spacial score (nSPS) is 11.7. The number of hydrogen-bond donors (Lipinski definition) is 2. The molecular weight excluding hydrogens is 323 g/mol. The summed E-state index contributed by atoms with van der Waals surface area (Å²) >= 11 is 0. The minimum absolute atomic E-state index is 0. The fourth-order valence-electron chi connectivity index (χ4n) is 2.34. The van der Waals surface area contributed by atoms with E-state index in [2.05, 4.69) is 34.8 Å². The van der Waals surface area contributed by atoms with Crippen LogP contribution in [0.1, 0.15) is 39.1 Å². The van der Waals surface area contributed by atoms with E-state index in [0.29, 0.717) is 19.0 Å². The molecule has 7 heteroatoms. The van der Waals surface area contributed by atoms with Gasteiger partial charge in [-0.05, 0) is 32.9 Å². The summed E-state index contributed by atoms with van der Waals surface area (Å²) < 4.78 is 2.15. The Hall–Kier alpha value is -1.30. The van der Waals surface area contributed by atoms with E-state index >= 15 is 0 Å². The van der Waals surface area contributed by atoms with E-state index in [-0.39, 0.29) is 36.8 Å². The fourth-order valence-corrected chi connectivity index (χ4v) is 2.34. The third kappa shape index (κ3) is 4.87. The number of aromatic nitrogens is 2. The molecule has 0 aliphatic carbocycles. The van der Waals surface area contributed by atoms with Crippen LogP contribution in [0.3, 0.4) is 0 Å². The average molecular weight is 347 g/mol. The Morgan fingerprint density at radius 1 is 1.27 bits per heavy atom. The van der Waals surface area contributed by atoms with Crippen LogP contribution in [0.15, 0.2) is 24.3 Å². The third-order valence-corrected chi connectivity index (χ3v) is 3.14. The molecule has 5 nitrogen and oxygen atoms in total. The monoisotopic (exact) mass is 346 g/mol. The van der Waals surface area contributed by atoms with Crippen LogP contribution >= 0.6 is 24.8 Å². The molecule has 0 fully saturated rings. The van der Waals surface area contributed by atoms with Crippen molar-refractivity contribution in [3.63, 3.8) is 0 Å². The maximum atomic E-state index is 11.7. The van der Waals surface area contributed by atoms with Crippen molar-refractivity contribution in [2.24, 2.45) is 5.73 Å². The Morgan fingerprint density at radius 2 is 1.91 bits per heavy atom. The Balaban J connectivity index is 0.00000220. The molecule has 1 unspecified atom stereocenters. The molecule has 0 aliphatic rings. The van der Waals surface area contributed by atoms with Gasteiger partial charge in [-0.15, -0.1) is 24.8 Å². The van der Waals surface area contributed by atoms with Crippen molar-refractivity contribution < 1.29 is 4.79 Å². The van der Waals surface area contributed by atoms with Gasteiger partial charge in [0.15, 0.2) is 0 Å². The summed E-state index contributed by atoms with van der Waals surface area (Å²) in [4.78, 5) is 16.3. The number of nitrogens with two attached hydrogens (primary N) is 1. The molecule has 1 amide bonds. The summed E-state index contributed by atoms with van der Waals surface area (Å²) in [5.41, 5.74) is 7.67. The number of fused-ring (bicyclic) bond motifs is 1. The number of imidazole rings is 1. The highest BCUT2D eigenvalue weighted by molar-refractivity contribution is 5.85. The Bertz CT molecular complexity index is 611. The van der Waals surface area contributed by atoms with Crippen LogP contribution in [0.25, 0.3) is 11.0 Å². The van der Waals surface area contributed by atoms with Crippen molar-refractivity contribution in [2.75, 3.05) is 0 Å². The van der Waals surface area contributed by atoms with Crippen molar-refractivity contribution in [1.29, 1.82) is 0 Å². The van der Waals surface area contributed by atoms with Crippen LogP contribution in [-0.2, 0) is 11.3 Å². The highest BCUT2D eigenvalue weighted by Gasteiger charge is 2.13. The van der Waals surface area contributed by atoms with Crippen molar-refractivity contribution in [3.05, 3.63) is 30.1 Å². The van der Waals surface area contributed by atoms with Crippen LogP contribution < -0.4 is 11.1 Å². The van der Waals surface area contributed by atoms with Gasteiger partial charge in [-0.3, -0.25) is 4.79 Å². The summed E-state index contributed by atoms with van der Waals surface area (Å²) in [6, 6.07) is 8.18. The molecule has 2 rings (SSSR count). The molecule has 0 saturated heterocycles. The molecule has 0 spiro atoms. The first-order valence-electron chi connectivity index (χ1n) is 6.97. The quantitative estimate of drug-likeness (QED) is 0.874. The largest absolute Gasteiger partial charge is 0.349 e. The molecule has 0 bridgehead atoms. The highest BCUT2D eigenvalue weighted by atomic mass is 35.5. The number of amides is 1. The maximum absolute atomic E-state index is 11.7. The highest BCUT2D eigenvalue weighted by Crippen LogP contribution is 2.20. The number of halogens is 2. The number of rotatable bonds is 5. The van der Waals surface area contributed by atoms with Crippen LogP contribution in [0, 0.1) is 0 Å². The Kier molecular flexibility index (Phi) is 8.45. The van der Waals surface area contributed by atoms with Gasteiger partial charge in [0.2, 0.25) is 5.91 Å². The number of carbonyl (C=O) groups excluding carboxylic acids is 1. The molecule has 22 heavy (non-hydrogen) atoms. The lowest BCUT2D eigenvalue weighted by molar-refractivity contribution is -0.121. The molecule has 1 heterocycles. The lowest BCUT2D eigenvalue weighted by Crippen LogP contribution is -2.30. The van der Waals surface area contributed by atoms with Crippen LogP contribution in [0.4, 0.5) is 0 Å². The minimum Gasteiger partial charge on any atom is -0.349 e. The zero-order valence-corrected chi connectivity index (χ0v) is 14.7. The number of nitrogens with zero attached hydrogens (tertiary/aromatic N) is 2. The van der Waals surface area contributed by atoms with Gasteiger partial charge in [0.1, 0.15) is 5.82 Å². The first-order valence-corrected chi connectivity index (χ1v) is 6.97. The average Bonchev–Trinajstić information content (AvgIpc) is 2.73. The van der Waals surface area contributed by atoms with Gasteiger partial charge in [-0.25, -0.2) is 4.98 Å². The summed E-state index contributed by atoms with van der Waals surface area (Å²) in [7, 11) is 0. The molecule has 3 N–H and O–H groups in total. The van der Waals surface area contributed by atoms with Crippen molar-refractivity contribution in [1.82, 2.24) is 14.9 Å². The van der Waals surface area contributed by atoms with Crippen LogP contribution in [0.5, 0.6) is 0 Å². The first kappa shape index (κ1) is 20.7.